The van der Waals surface area contributed by atoms with Gasteiger partial charge in [-0.05, 0) is 25.1 Å². The topological polar surface area (TPSA) is 45.5 Å². The van der Waals surface area contributed by atoms with Crippen LogP contribution in [0.4, 0.5) is 0 Å². The molecule has 0 spiro atoms. The van der Waals surface area contributed by atoms with Gasteiger partial charge in [0.15, 0.2) is 0 Å². The van der Waals surface area contributed by atoms with E-state index in [4.69, 9.17) is 28.4 Å². The van der Waals surface area contributed by atoms with Crippen LogP contribution in [0.15, 0.2) is 28.7 Å². The van der Waals surface area contributed by atoms with Crippen LogP contribution >= 0.6 is 34.5 Å². The molecule has 0 aliphatic rings. The van der Waals surface area contributed by atoms with Gasteiger partial charge in [0.05, 0.1) is 10.7 Å². The summed E-state index contributed by atoms with van der Waals surface area (Å²) in [7, 11) is 0. The second kappa shape index (κ2) is 5.04. The molecule has 17 heavy (non-hydrogen) atoms. The van der Waals surface area contributed by atoms with Gasteiger partial charge >= 0.3 is 0 Å². The number of rotatable bonds is 2. The van der Waals surface area contributed by atoms with Crippen molar-refractivity contribution in [1.29, 1.82) is 0 Å². The van der Waals surface area contributed by atoms with Gasteiger partial charge < -0.3 is 5.21 Å². The predicted octanol–water partition coefficient (Wildman–Crippen LogP) is 4.32. The van der Waals surface area contributed by atoms with E-state index in [2.05, 4.69) is 10.1 Å². The fourth-order valence-corrected chi connectivity index (χ4v) is 2.73. The molecule has 6 heteroatoms. The van der Waals surface area contributed by atoms with Crippen LogP contribution in [-0.4, -0.2) is 15.9 Å². The molecular formula is C11H8Cl2N2OS. The minimum atomic E-state index is 0.470. The Labute approximate surface area is 112 Å². The first-order valence-corrected chi connectivity index (χ1v) is 6.35. The highest BCUT2D eigenvalue weighted by Gasteiger charge is 2.10. The molecule has 0 unspecified atom stereocenters. The third-order valence-corrected chi connectivity index (χ3v) is 3.61. The van der Waals surface area contributed by atoms with Crippen molar-refractivity contribution in [3.8, 4) is 10.6 Å². The number of halogens is 2. The van der Waals surface area contributed by atoms with Gasteiger partial charge in [0.2, 0.25) is 0 Å². The Morgan fingerprint density at radius 3 is 2.82 bits per heavy atom. The maximum Gasteiger partial charge on any atom is 0.125 e. The molecule has 2 rings (SSSR count). The molecule has 0 amide bonds. The van der Waals surface area contributed by atoms with E-state index in [-0.39, 0.29) is 0 Å². The smallest absolute Gasteiger partial charge is 0.125 e. The molecule has 88 valence electrons. The van der Waals surface area contributed by atoms with Crippen molar-refractivity contribution in [2.24, 2.45) is 5.16 Å². The number of nitrogens with zero attached hydrogens (tertiary/aromatic N) is 2. The Bertz CT molecular complexity index is 581. The van der Waals surface area contributed by atoms with Gasteiger partial charge in [0.25, 0.3) is 0 Å². The zero-order valence-corrected chi connectivity index (χ0v) is 11.1. The molecule has 1 aromatic heterocycles. The minimum Gasteiger partial charge on any atom is -0.411 e. The summed E-state index contributed by atoms with van der Waals surface area (Å²) in [6.45, 7) is 1.68. The van der Waals surface area contributed by atoms with E-state index in [1.54, 1.807) is 19.1 Å². The molecule has 0 aliphatic heterocycles. The average Bonchev–Trinajstić information content (AvgIpc) is 2.77. The van der Waals surface area contributed by atoms with Crippen LogP contribution in [0.1, 0.15) is 12.6 Å². The molecule has 1 aromatic carbocycles. The summed E-state index contributed by atoms with van der Waals surface area (Å²) in [6, 6.07) is 5.25. The molecule has 0 fully saturated rings. The van der Waals surface area contributed by atoms with E-state index in [1.807, 2.05) is 11.4 Å². The van der Waals surface area contributed by atoms with E-state index in [9.17, 15) is 0 Å². The third-order valence-electron chi connectivity index (χ3n) is 2.19. The van der Waals surface area contributed by atoms with Gasteiger partial charge in [-0.25, -0.2) is 4.98 Å². The lowest BCUT2D eigenvalue weighted by Gasteiger charge is -2.00. The number of hydrogen-bond donors (Lipinski definition) is 1. The summed E-state index contributed by atoms with van der Waals surface area (Å²) in [5.41, 5.74) is 1.93. The second-order valence-corrected chi connectivity index (χ2v) is 5.05. The maximum atomic E-state index is 8.67. The summed E-state index contributed by atoms with van der Waals surface area (Å²) in [5, 5.41) is 15.5. The lowest BCUT2D eigenvalue weighted by Crippen LogP contribution is -1.94. The molecule has 0 radical (unpaired) electrons. The SMILES string of the molecule is C/C(=N\O)c1csc(-c2ccc(Cl)cc2Cl)n1. The Kier molecular flexibility index (Phi) is 3.66. The lowest BCUT2D eigenvalue weighted by atomic mass is 10.2. The van der Waals surface area contributed by atoms with Crippen molar-refractivity contribution in [3.63, 3.8) is 0 Å². The van der Waals surface area contributed by atoms with Crippen molar-refractivity contribution in [1.82, 2.24) is 4.98 Å². The Hall–Kier alpha value is -1.10. The Morgan fingerprint density at radius 1 is 1.41 bits per heavy atom. The van der Waals surface area contributed by atoms with Gasteiger partial charge in [-0.3, -0.25) is 0 Å². The summed E-state index contributed by atoms with van der Waals surface area (Å²) >= 11 is 13.4. The van der Waals surface area contributed by atoms with Crippen LogP contribution < -0.4 is 0 Å². The van der Waals surface area contributed by atoms with Gasteiger partial charge in [-0.1, -0.05) is 28.4 Å². The summed E-state index contributed by atoms with van der Waals surface area (Å²) in [4.78, 5) is 4.34. The number of hydrogen-bond acceptors (Lipinski definition) is 4. The number of aromatic nitrogens is 1. The summed E-state index contributed by atoms with van der Waals surface area (Å²) < 4.78 is 0. The molecule has 0 bridgehead atoms. The van der Waals surface area contributed by atoms with E-state index < -0.39 is 0 Å². The highest BCUT2D eigenvalue weighted by Crippen LogP contribution is 2.32. The normalized spacial score (nSPS) is 11.8. The van der Waals surface area contributed by atoms with Crippen molar-refractivity contribution in [3.05, 3.63) is 39.3 Å². The van der Waals surface area contributed by atoms with Crippen molar-refractivity contribution in [2.45, 2.75) is 6.92 Å². The molecule has 2 aromatic rings. The number of benzene rings is 1. The zero-order valence-electron chi connectivity index (χ0n) is 8.82. The van der Waals surface area contributed by atoms with Gasteiger partial charge in [0.1, 0.15) is 10.7 Å². The quantitative estimate of drug-likeness (QED) is 0.508. The summed E-state index contributed by atoms with van der Waals surface area (Å²) in [6.07, 6.45) is 0. The van der Waals surface area contributed by atoms with E-state index in [1.165, 1.54) is 11.3 Å². The van der Waals surface area contributed by atoms with Crippen molar-refractivity contribution < 1.29 is 5.21 Å². The Balaban J connectivity index is 2.44. The van der Waals surface area contributed by atoms with Gasteiger partial charge in [-0.2, -0.15) is 0 Å². The number of thiazole rings is 1. The fourth-order valence-electron chi connectivity index (χ4n) is 1.28. The first-order valence-electron chi connectivity index (χ1n) is 4.72. The van der Waals surface area contributed by atoms with Crippen molar-refractivity contribution in [2.75, 3.05) is 0 Å². The molecule has 1 N–H and O–H groups in total. The van der Waals surface area contributed by atoms with E-state index in [0.29, 0.717) is 21.5 Å². The van der Waals surface area contributed by atoms with Gasteiger partial charge in [0, 0.05) is 16.0 Å². The van der Waals surface area contributed by atoms with Crippen LogP contribution in [0, 0.1) is 0 Å². The standard InChI is InChI=1S/C11H8Cl2N2OS/c1-6(15-16)10-5-17-11(14-10)8-3-2-7(12)4-9(8)13/h2-5,16H,1H3/b15-6+. The fraction of sp³-hybridized carbons (Fsp3) is 0.0909. The third kappa shape index (κ3) is 2.60. The molecule has 0 atom stereocenters. The van der Waals surface area contributed by atoms with E-state index in [0.717, 1.165) is 10.6 Å². The number of oxime groups is 1. The monoisotopic (exact) mass is 286 g/mol. The van der Waals surface area contributed by atoms with Crippen LogP contribution in [0.25, 0.3) is 10.6 Å². The van der Waals surface area contributed by atoms with Crippen LogP contribution in [-0.2, 0) is 0 Å². The first kappa shape index (κ1) is 12.4. The van der Waals surface area contributed by atoms with Gasteiger partial charge in [-0.15, -0.1) is 11.3 Å². The molecule has 0 aliphatic carbocycles. The van der Waals surface area contributed by atoms with E-state index >= 15 is 0 Å². The average molecular weight is 287 g/mol. The minimum absolute atomic E-state index is 0.470. The lowest BCUT2D eigenvalue weighted by molar-refractivity contribution is 0.319. The van der Waals surface area contributed by atoms with Crippen molar-refractivity contribution >= 4 is 40.3 Å². The Morgan fingerprint density at radius 2 is 2.18 bits per heavy atom. The first-order chi connectivity index (χ1) is 8.11. The molecule has 3 nitrogen and oxygen atoms in total. The molecule has 0 saturated heterocycles. The second-order valence-electron chi connectivity index (χ2n) is 3.35. The molecule has 0 saturated carbocycles. The largest absolute Gasteiger partial charge is 0.411 e. The predicted molar refractivity (Wildman–Crippen MR) is 71.6 cm³/mol. The summed E-state index contributed by atoms with van der Waals surface area (Å²) in [5.74, 6) is 0. The maximum absolute atomic E-state index is 8.67. The zero-order chi connectivity index (χ0) is 12.4. The van der Waals surface area contributed by atoms with Crippen LogP contribution in [0.3, 0.4) is 0 Å². The highest BCUT2D eigenvalue weighted by molar-refractivity contribution is 7.13. The highest BCUT2D eigenvalue weighted by atomic mass is 35.5. The molecular weight excluding hydrogens is 279 g/mol. The molecule has 1 heterocycles. The van der Waals surface area contributed by atoms with Crippen LogP contribution in [0.5, 0.6) is 0 Å². The van der Waals surface area contributed by atoms with Crippen LogP contribution in [0.2, 0.25) is 10.0 Å².